The standard InChI is InChI=1S/C20H20N10O2/c21-8-13-9-26-18(12-24-13)27-17-7-15(25-11-14-10-22-5-6-32-14)19(30-29-17)20(31)28-16-3-1-2-4-23-16/h1-4,7,9,12,14,22H,5-6,10-11H2,(H,23,28,31)(H2,25,26,27,29). The van der Waals surface area contributed by atoms with Crippen molar-refractivity contribution in [3.8, 4) is 6.07 Å². The van der Waals surface area contributed by atoms with Gasteiger partial charge >= 0.3 is 0 Å². The molecular weight excluding hydrogens is 412 g/mol. The fourth-order valence-electron chi connectivity index (χ4n) is 2.92. The lowest BCUT2D eigenvalue weighted by Gasteiger charge is -2.24. The van der Waals surface area contributed by atoms with E-state index in [0.29, 0.717) is 42.8 Å². The van der Waals surface area contributed by atoms with Gasteiger partial charge in [0, 0.05) is 31.9 Å². The number of morpholine rings is 1. The highest BCUT2D eigenvalue weighted by atomic mass is 16.5. The fourth-order valence-corrected chi connectivity index (χ4v) is 2.92. The SMILES string of the molecule is N#Cc1cnc(Nc2cc(NCC3CNCCO3)c(C(=O)Nc3ccccn3)nn2)cn1. The van der Waals surface area contributed by atoms with Crippen LogP contribution < -0.4 is 21.3 Å². The molecule has 0 radical (unpaired) electrons. The molecule has 4 N–H and O–H groups in total. The molecule has 162 valence electrons. The third-order valence-corrected chi connectivity index (χ3v) is 4.46. The molecule has 0 aliphatic carbocycles. The molecule has 4 rings (SSSR count). The Bertz CT molecular complexity index is 1100. The topological polar surface area (TPSA) is 163 Å². The number of hydrogen-bond acceptors (Lipinski definition) is 11. The predicted octanol–water partition coefficient (Wildman–Crippen LogP) is 0.929. The molecule has 1 aliphatic rings. The third kappa shape index (κ3) is 5.48. The zero-order valence-corrected chi connectivity index (χ0v) is 16.9. The molecule has 12 heteroatoms. The first-order valence-corrected chi connectivity index (χ1v) is 9.87. The Kier molecular flexibility index (Phi) is 6.71. The molecule has 0 spiro atoms. The summed E-state index contributed by atoms with van der Waals surface area (Å²) in [4.78, 5) is 25.0. The van der Waals surface area contributed by atoms with Crippen molar-refractivity contribution >= 4 is 29.0 Å². The van der Waals surface area contributed by atoms with Crippen LogP contribution in [0.3, 0.4) is 0 Å². The van der Waals surface area contributed by atoms with Crippen LogP contribution in [-0.4, -0.2) is 63.4 Å². The molecule has 1 aliphatic heterocycles. The maximum Gasteiger partial charge on any atom is 0.279 e. The van der Waals surface area contributed by atoms with Gasteiger partial charge in [0.2, 0.25) is 0 Å². The number of pyridine rings is 1. The number of nitrogens with zero attached hydrogens (tertiary/aromatic N) is 6. The van der Waals surface area contributed by atoms with Gasteiger partial charge in [-0.1, -0.05) is 6.07 Å². The van der Waals surface area contributed by atoms with Crippen molar-refractivity contribution in [1.29, 1.82) is 5.26 Å². The number of aromatic nitrogens is 5. The van der Waals surface area contributed by atoms with E-state index in [4.69, 9.17) is 10.00 Å². The number of anilines is 4. The summed E-state index contributed by atoms with van der Waals surface area (Å²) in [6.45, 7) is 2.61. The molecule has 4 heterocycles. The molecular formula is C20H20N10O2. The van der Waals surface area contributed by atoms with Crippen LogP contribution in [0.4, 0.5) is 23.1 Å². The maximum atomic E-state index is 12.8. The zero-order chi connectivity index (χ0) is 22.2. The Morgan fingerprint density at radius 2 is 2.12 bits per heavy atom. The van der Waals surface area contributed by atoms with Gasteiger partial charge in [-0.2, -0.15) is 5.26 Å². The summed E-state index contributed by atoms with van der Waals surface area (Å²) in [7, 11) is 0. The quantitative estimate of drug-likeness (QED) is 0.420. The van der Waals surface area contributed by atoms with Crippen LogP contribution in [0.15, 0.2) is 42.9 Å². The van der Waals surface area contributed by atoms with E-state index in [1.165, 1.54) is 12.4 Å². The Hall–Kier alpha value is -4.21. The molecule has 3 aromatic heterocycles. The van der Waals surface area contributed by atoms with E-state index in [-0.39, 0.29) is 17.5 Å². The highest BCUT2D eigenvalue weighted by Gasteiger charge is 2.19. The molecule has 1 saturated heterocycles. The Morgan fingerprint density at radius 1 is 1.19 bits per heavy atom. The van der Waals surface area contributed by atoms with Gasteiger partial charge in [0.25, 0.3) is 5.91 Å². The average molecular weight is 432 g/mol. The van der Waals surface area contributed by atoms with Crippen LogP contribution >= 0.6 is 0 Å². The molecule has 1 atom stereocenters. The lowest BCUT2D eigenvalue weighted by Crippen LogP contribution is -2.42. The first-order valence-electron chi connectivity index (χ1n) is 9.87. The van der Waals surface area contributed by atoms with Crippen molar-refractivity contribution in [2.75, 3.05) is 42.2 Å². The minimum Gasteiger partial charge on any atom is -0.380 e. The van der Waals surface area contributed by atoms with Gasteiger partial charge in [-0.25, -0.2) is 15.0 Å². The number of rotatable bonds is 7. The smallest absolute Gasteiger partial charge is 0.279 e. The van der Waals surface area contributed by atoms with Gasteiger partial charge < -0.3 is 26.0 Å². The van der Waals surface area contributed by atoms with E-state index in [1.54, 1.807) is 30.5 Å². The number of nitriles is 1. The molecule has 0 saturated carbocycles. The van der Waals surface area contributed by atoms with Crippen LogP contribution in [0.2, 0.25) is 0 Å². The van der Waals surface area contributed by atoms with Crippen LogP contribution in [0.5, 0.6) is 0 Å². The Balaban J connectivity index is 1.54. The molecule has 1 unspecified atom stereocenters. The summed E-state index contributed by atoms with van der Waals surface area (Å²) in [6.07, 6.45) is 4.29. The van der Waals surface area contributed by atoms with Gasteiger partial charge in [0.1, 0.15) is 17.7 Å². The molecule has 3 aromatic rings. The van der Waals surface area contributed by atoms with Crippen LogP contribution in [0.1, 0.15) is 16.2 Å². The molecule has 0 aromatic carbocycles. The lowest BCUT2D eigenvalue weighted by molar-refractivity contribution is 0.0372. The molecule has 1 amide bonds. The van der Waals surface area contributed by atoms with Crippen molar-refractivity contribution in [1.82, 2.24) is 30.5 Å². The van der Waals surface area contributed by atoms with E-state index >= 15 is 0 Å². The number of amides is 1. The van der Waals surface area contributed by atoms with E-state index in [1.807, 2.05) is 6.07 Å². The normalized spacial score (nSPS) is 15.4. The summed E-state index contributed by atoms with van der Waals surface area (Å²) in [5.41, 5.74) is 0.772. The van der Waals surface area contributed by atoms with Crippen LogP contribution in [0.25, 0.3) is 0 Å². The second kappa shape index (κ2) is 10.2. The molecule has 0 bridgehead atoms. The molecule has 1 fully saturated rings. The number of ether oxygens (including phenoxy) is 1. The number of carbonyl (C=O) groups excluding carboxylic acids is 1. The van der Waals surface area contributed by atoms with Crippen molar-refractivity contribution in [3.63, 3.8) is 0 Å². The van der Waals surface area contributed by atoms with Gasteiger partial charge in [-0.3, -0.25) is 4.79 Å². The summed E-state index contributed by atoms with van der Waals surface area (Å²) >= 11 is 0. The summed E-state index contributed by atoms with van der Waals surface area (Å²) < 4.78 is 5.71. The highest BCUT2D eigenvalue weighted by Crippen LogP contribution is 2.20. The fraction of sp³-hybridized carbons (Fsp3) is 0.250. The van der Waals surface area contributed by atoms with E-state index in [2.05, 4.69) is 46.4 Å². The second-order valence-corrected chi connectivity index (χ2v) is 6.76. The summed E-state index contributed by atoms with van der Waals surface area (Å²) in [5.74, 6) is 0.685. The molecule has 32 heavy (non-hydrogen) atoms. The van der Waals surface area contributed by atoms with Crippen LogP contribution in [0, 0.1) is 11.3 Å². The predicted molar refractivity (Wildman–Crippen MR) is 115 cm³/mol. The largest absolute Gasteiger partial charge is 0.380 e. The first-order chi connectivity index (χ1) is 15.7. The number of carbonyl (C=O) groups is 1. The van der Waals surface area contributed by atoms with E-state index in [0.717, 1.165) is 6.54 Å². The minimum absolute atomic E-state index is 0.0515. The van der Waals surface area contributed by atoms with E-state index < -0.39 is 5.91 Å². The Labute approximate surface area is 183 Å². The van der Waals surface area contributed by atoms with Gasteiger partial charge in [0.05, 0.1) is 30.8 Å². The lowest BCUT2D eigenvalue weighted by atomic mass is 10.2. The monoisotopic (exact) mass is 432 g/mol. The molecule has 12 nitrogen and oxygen atoms in total. The summed E-state index contributed by atoms with van der Waals surface area (Å²) in [6, 6.07) is 8.77. The third-order valence-electron chi connectivity index (χ3n) is 4.46. The Morgan fingerprint density at radius 3 is 2.84 bits per heavy atom. The first kappa shape index (κ1) is 21.0. The van der Waals surface area contributed by atoms with Crippen molar-refractivity contribution in [2.45, 2.75) is 6.10 Å². The minimum atomic E-state index is -0.453. The average Bonchev–Trinajstić information content (AvgIpc) is 2.84. The van der Waals surface area contributed by atoms with Crippen LogP contribution in [-0.2, 0) is 4.74 Å². The highest BCUT2D eigenvalue weighted by molar-refractivity contribution is 6.06. The second-order valence-electron chi connectivity index (χ2n) is 6.76. The number of nitrogens with one attached hydrogen (secondary N) is 4. The van der Waals surface area contributed by atoms with Gasteiger partial charge in [-0.05, 0) is 12.1 Å². The van der Waals surface area contributed by atoms with Crippen molar-refractivity contribution < 1.29 is 9.53 Å². The van der Waals surface area contributed by atoms with E-state index in [9.17, 15) is 4.79 Å². The van der Waals surface area contributed by atoms with Gasteiger partial charge in [-0.15, -0.1) is 10.2 Å². The zero-order valence-electron chi connectivity index (χ0n) is 16.9. The van der Waals surface area contributed by atoms with Crippen molar-refractivity contribution in [3.05, 3.63) is 54.2 Å². The van der Waals surface area contributed by atoms with Crippen molar-refractivity contribution in [2.24, 2.45) is 0 Å². The summed E-state index contributed by atoms with van der Waals surface area (Å²) in [5, 5.41) is 29.2. The number of hydrogen-bond donors (Lipinski definition) is 4. The maximum absolute atomic E-state index is 12.8. The van der Waals surface area contributed by atoms with Gasteiger partial charge in [0.15, 0.2) is 17.2 Å².